The van der Waals surface area contributed by atoms with Crippen LogP contribution >= 0.6 is 0 Å². The Morgan fingerprint density at radius 2 is 1.67 bits per heavy atom. The summed E-state index contributed by atoms with van der Waals surface area (Å²) in [5.74, 6) is -1.69. The van der Waals surface area contributed by atoms with Crippen molar-refractivity contribution in [2.24, 2.45) is 11.8 Å². The summed E-state index contributed by atoms with van der Waals surface area (Å²) in [5.41, 5.74) is 0.921. The second-order valence-corrected chi connectivity index (χ2v) is 6.34. The molecule has 0 spiro atoms. The molecule has 24 heavy (non-hydrogen) atoms. The van der Waals surface area contributed by atoms with Gasteiger partial charge in [-0.05, 0) is 35.4 Å². The van der Waals surface area contributed by atoms with Crippen LogP contribution in [0.25, 0.3) is 10.8 Å². The minimum Gasteiger partial charge on any atom is -0.458 e. The zero-order valence-corrected chi connectivity index (χ0v) is 13.2. The average molecular weight is 320 g/mol. The zero-order valence-electron chi connectivity index (χ0n) is 13.2. The summed E-state index contributed by atoms with van der Waals surface area (Å²) in [6, 6.07) is 11.3. The van der Waals surface area contributed by atoms with Crippen molar-refractivity contribution in [3.05, 3.63) is 59.7 Å². The summed E-state index contributed by atoms with van der Waals surface area (Å²) in [6.45, 7) is 1.31. The fourth-order valence-corrected chi connectivity index (χ4v) is 3.79. The van der Waals surface area contributed by atoms with Gasteiger partial charge in [0.1, 0.15) is 6.10 Å². The lowest BCUT2D eigenvalue weighted by atomic mass is 9.68. The van der Waals surface area contributed by atoms with E-state index in [0.717, 1.165) is 10.8 Å². The first-order valence-corrected chi connectivity index (χ1v) is 8.01. The smallest absolute Gasteiger partial charge is 0.303 e. The van der Waals surface area contributed by atoms with Crippen molar-refractivity contribution >= 4 is 28.3 Å². The highest BCUT2D eigenvalue weighted by molar-refractivity contribution is 6.18. The van der Waals surface area contributed by atoms with Crippen molar-refractivity contribution in [1.82, 2.24) is 0 Å². The largest absolute Gasteiger partial charge is 0.458 e. The fourth-order valence-electron chi connectivity index (χ4n) is 3.79. The van der Waals surface area contributed by atoms with E-state index in [1.807, 2.05) is 30.3 Å². The van der Waals surface area contributed by atoms with E-state index in [9.17, 15) is 14.4 Å². The van der Waals surface area contributed by atoms with Crippen molar-refractivity contribution < 1.29 is 19.1 Å². The van der Waals surface area contributed by atoms with Gasteiger partial charge in [-0.25, -0.2) is 0 Å². The topological polar surface area (TPSA) is 60.4 Å². The van der Waals surface area contributed by atoms with Crippen LogP contribution in [0, 0.1) is 11.8 Å². The Labute approximate surface area is 139 Å². The van der Waals surface area contributed by atoms with Crippen molar-refractivity contribution in [3.8, 4) is 0 Å². The molecule has 0 aromatic heterocycles. The third-order valence-corrected chi connectivity index (χ3v) is 4.86. The Hall–Kier alpha value is -2.75. The van der Waals surface area contributed by atoms with Crippen molar-refractivity contribution in [3.63, 3.8) is 0 Å². The predicted octanol–water partition coefficient (Wildman–Crippen LogP) is 3.34. The summed E-state index contributed by atoms with van der Waals surface area (Å²) in [4.78, 5) is 37.3. The molecule has 2 aromatic carbocycles. The molecule has 0 fully saturated rings. The van der Waals surface area contributed by atoms with Crippen LogP contribution in [0.3, 0.4) is 0 Å². The quantitative estimate of drug-likeness (QED) is 0.597. The lowest BCUT2D eigenvalue weighted by Gasteiger charge is -2.36. The van der Waals surface area contributed by atoms with E-state index in [2.05, 4.69) is 0 Å². The minimum atomic E-state index is -0.669. The number of Topliss-reactive ketones (excluding diaryl/α,β-unsaturated/α-hetero) is 2. The number of ether oxygens (including phenoxy) is 1. The highest BCUT2D eigenvalue weighted by Crippen LogP contribution is 2.39. The molecule has 3 atom stereocenters. The molecule has 0 heterocycles. The van der Waals surface area contributed by atoms with Crippen LogP contribution in [-0.2, 0) is 9.53 Å². The lowest BCUT2D eigenvalue weighted by molar-refractivity contribution is -0.146. The Kier molecular flexibility index (Phi) is 3.34. The van der Waals surface area contributed by atoms with Crippen LogP contribution in [0.1, 0.15) is 34.1 Å². The summed E-state index contributed by atoms with van der Waals surface area (Å²) < 4.78 is 5.28. The number of esters is 1. The van der Waals surface area contributed by atoms with Crippen LogP contribution in [0.15, 0.2) is 48.6 Å². The predicted molar refractivity (Wildman–Crippen MR) is 88.9 cm³/mol. The number of rotatable bonds is 1. The van der Waals surface area contributed by atoms with Crippen molar-refractivity contribution in [2.45, 2.75) is 19.4 Å². The molecule has 0 saturated heterocycles. The number of benzene rings is 2. The third-order valence-electron chi connectivity index (χ3n) is 4.86. The summed E-state index contributed by atoms with van der Waals surface area (Å²) in [6.07, 6.45) is 3.38. The Morgan fingerprint density at radius 3 is 2.29 bits per heavy atom. The molecule has 0 radical (unpaired) electrons. The second-order valence-electron chi connectivity index (χ2n) is 6.34. The van der Waals surface area contributed by atoms with Crippen LogP contribution in [0.4, 0.5) is 0 Å². The number of allylic oxidation sites excluding steroid dienone is 1. The van der Waals surface area contributed by atoms with E-state index in [1.54, 1.807) is 18.2 Å². The van der Waals surface area contributed by atoms with E-state index < -0.39 is 23.9 Å². The van der Waals surface area contributed by atoms with Gasteiger partial charge in [0, 0.05) is 24.0 Å². The Balaban J connectivity index is 1.86. The first-order chi connectivity index (χ1) is 11.6. The first kappa shape index (κ1) is 14.8. The van der Waals surface area contributed by atoms with Crippen molar-refractivity contribution in [2.75, 3.05) is 0 Å². The molecule has 4 rings (SSSR count). The van der Waals surface area contributed by atoms with E-state index in [1.165, 1.54) is 6.92 Å². The normalized spacial score (nSPS) is 25.3. The molecule has 0 N–H and O–H groups in total. The molecule has 0 aliphatic heterocycles. The molecule has 120 valence electrons. The van der Waals surface area contributed by atoms with E-state index in [0.29, 0.717) is 17.5 Å². The number of carbonyl (C=O) groups excluding carboxylic acids is 3. The van der Waals surface area contributed by atoms with Crippen LogP contribution in [0.5, 0.6) is 0 Å². The van der Waals surface area contributed by atoms with Gasteiger partial charge in [-0.3, -0.25) is 14.4 Å². The fraction of sp³-hybridized carbons (Fsp3) is 0.250. The number of ketones is 2. The van der Waals surface area contributed by atoms with Gasteiger partial charge >= 0.3 is 5.97 Å². The molecule has 0 unspecified atom stereocenters. The third kappa shape index (κ3) is 2.18. The standard InChI is InChI=1S/C20H16O4/c1-11(21)24-17-8-4-7-14-18(17)20(23)16-10-13-6-3-2-5-12(13)9-15(16)19(14)22/h2-6,8-10,14,17-18H,7H2,1H3/t14-,17-,18-/m0/s1. The summed E-state index contributed by atoms with van der Waals surface area (Å²) >= 11 is 0. The highest BCUT2D eigenvalue weighted by Gasteiger charge is 2.46. The van der Waals surface area contributed by atoms with E-state index in [-0.39, 0.29) is 11.6 Å². The molecule has 4 nitrogen and oxygen atoms in total. The van der Waals surface area contributed by atoms with E-state index in [4.69, 9.17) is 4.74 Å². The van der Waals surface area contributed by atoms with Gasteiger partial charge < -0.3 is 4.74 Å². The van der Waals surface area contributed by atoms with Gasteiger partial charge in [0.05, 0.1) is 5.92 Å². The molecule has 0 bridgehead atoms. The Bertz CT molecular complexity index is 909. The number of hydrogen-bond donors (Lipinski definition) is 0. The molecular formula is C20H16O4. The SMILES string of the molecule is CC(=O)O[C@H]1C=CC[C@@H]2C(=O)c3cc4ccccc4cc3C(=O)[C@H]12. The molecule has 2 aliphatic carbocycles. The van der Waals surface area contributed by atoms with Gasteiger partial charge in [0.25, 0.3) is 0 Å². The maximum atomic E-state index is 13.1. The minimum absolute atomic E-state index is 0.0399. The molecular weight excluding hydrogens is 304 g/mol. The van der Waals surface area contributed by atoms with Gasteiger partial charge in [-0.1, -0.05) is 30.3 Å². The zero-order chi connectivity index (χ0) is 16.8. The summed E-state index contributed by atoms with van der Waals surface area (Å²) in [5, 5.41) is 1.87. The second kappa shape index (κ2) is 5.41. The first-order valence-electron chi connectivity index (χ1n) is 8.01. The molecule has 0 amide bonds. The molecule has 2 aromatic rings. The maximum absolute atomic E-state index is 13.1. The average Bonchev–Trinajstić information content (AvgIpc) is 2.58. The van der Waals surface area contributed by atoms with E-state index >= 15 is 0 Å². The van der Waals surface area contributed by atoms with Gasteiger partial charge in [0.2, 0.25) is 0 Å². The highest BCUT2D eigenvalue weighted by atomic mass is 16.5. The summed E-state index contributed by atoms with van der Waals surface area (Å²) in [7, 11) is 0. The molecule has 0 saturated carbocycles. The Morgan fingerprint density at radius 1 is 1.04 bits per heavy atom. The number of fused-ring (bicyclic) bond motifs is 3. The van der Waals surface area contributed by atoms with Gasteiger partial charge in [-0.2, -0.15) is 0 Å². The lowest BCUT2D eigenvalue weighted by Crippen LogP contribution is -2.45. The monoisotopic (exact) mass is 320 g/mol. The molecule has 2 aliphatic rings. The number of carbonyl (C=O) groups is 3. The van der Waals surface area contributed by atoms with Crippen LogP contribution in [0.2, 0.25) is 0 Å². The number of hydrogen-bond acceptors (Lipinski definition) is 4. The van der Waals surface area contributed by atoms with Crippen molar-refractivity contribution in [1.29, 1.82) is 0 Å². The van der Waals surface area contributed by atoms with Gasteiger partial charge in [-0.15, -0.1) is 0 Å². The molecule has 4 heteroatoms. The van der Waals surface area contributed by atoms with Crippen LogP contribution < -0.4 is 0 Å². The van der Waals surface area contributed by atoms with Crippen LogP contribution in [-0.4, -0.2) is 23.6 Å². The maximum Gasteiger partial charge on any atom is 0.303 e. The van der Waals surface area contributed by atoms with Gasteiger partial charge in [0.15, 0.2) is 11.6 Å².